The number of ether oxygens (including phenoxy) is 1. The zero-order chi connectivity index (χ0) is 10.7. The van der Waals surface area contributed by atoms with Gasteiger partial charge in [-0.1, -0.05) is 0 Å². The Morgan fingerprint density at radius 2 is 2.56 bits per heavy atom. The summed E-state index contributed by atoms with van der Waals surface area (Å²) in [7, 11) is 1.80. The Balaban J connectivity index is 0.00000128. The second-order valence-electron chi connectivity index (χ2n) is 3.46. The second kappa shape index (κ2) is 5.83. The number of nitrogens with one attached hydrogen (secondary N) is 2. The number of hydrogen-bond donors (Lipinski definition) is 2. The van der Waals surface area contributed by atoms with Crippen LogP contribution in [0.5, 0.6) is 0 Å². The fraction of sp³-hybridized carbons (Fsp3) is 0.556. The Labute approximate surface area is 99.8 Å². The number of carbonyl (C=O) groups is 1. The fourth-order valence-corrected chi connectivity index (χ4v) is 1.44. The zero-order valence-electron chi connectivity index (χ0n) is 8.97. The highest BCUT2D eigenvalue weighted by molar-refractivity contribution is 5.94. The molecule has 16 heavy (non-hydrogen) atoms. The van der Waals surface area contributed by atoms with Crippen molar-refractivity contribution >= 4 is 24.0 Å². The van der Waals surface area contributed by atoms with Crippen molar-refractivity contribution in [3.63, 3.8) is 0 Å². The number of hydrogen-bond acceptors (Lipinski definition) is 4. The summed E-state index contributed by atoms with van der Waals surface area (Å²) in [4.78, 5) is 11.7. The minimum absolute atomic E-state index is 0. The summed E-state index contributed by atoms with van der Waals surface area (Å²) in [6, 6.07) is 0. The molecule has 1 atom stereocenters. The van der Waals surface area contributed by atoms with E-state index < -0.39 is 6.10 Å². The van der Waals surface area contributed by atoms with Crippen molar-refractivity contribution in [2.75, 3.05) is 25.0 Å². The zero-order valence-corrected chi connectivity index (χ0v) is 9.79. The van der Waals surface area contributed by atoms with Crippen LogP contribution < -0.4 is 10.6 Å². The van der Waals surface area contributed by atoms with Crippen molar-refractivity contribution in [2.45, 2.75) is 6.10 Å². The van der Waals surface area contributed by atoms with Gasteiger partial charge in [0.25, 0.3) is 5.91 Å². The molecule has 1 amide bonds. The first-order chi connectivity index (χ1) is 7.25. The van der Waals surface area contributed by atoms with E-state index in [1.165, 1.54) is 0 Å². The van der Waals surface area contributed by atoms with E-state index in [2.05, 4.69) is 15.7 Å². The van der Waals surface area contributed by atoms with Crippen LogP contribution in [0.25, 0.3) is 0 Å². The Morgan fingerprint density at radius 3 is 3.12 bits per heavy atom. The molecule has 0 radical (unpaired) electrons. The quantitative estimate of drug-likeness (QED) is 0.757. The smallest absolute Gasteiger partial charge is 0.254 e. The Bertz CT molecular complexity index is 349. The van der Waals surface area contributed by atoms with Crippen molar-refractivity contribution in [1.82, 2.24) is 15.1 Å². The van der Waals surface area contributed by atoms with Crippen LogP contribution in [-0.2, 0) is 16.6 Å². The van der Waals surface area contributed by atoms with Gasteiger partial charge in [0.2, 0.25) is 0 Å². The first kappa shape index (κ1) is 13.0. The topological polar surface area (TPSA) is 68.2 Å². The van der Waals surface area contributed by atoms with E-state index in [0.717, 1.165) is 6.54 Å². The molecule has 2 heterocycles. The van der Waals surface area contributed by atoms with E-state index in [9.17, 15) is 4.79 Å². The van der Waals surface area contributed by atoms with Gasteiger partial charge in [-0.2, -0.15) is 5.10 Å². The third kappa shape index (κ3) is 3.19. The molecule has 0 saturated carbocycles. The van der Waals surface area contributed by atoms with Crippen molar-refractivity contribution in [3.05, 3.63) is 12.4 Å². The summed E-state index contributed by atoms with van der Waals surface area (Å²) >= 11 is 0. The lowest BCUT2D eigenvalue weighted by molar-refractivity contribution is -0.128. The predicted molar refractivity (Wildman–Crippen MR) is 61.7 cm³/mol. The van der Waals surface area contributed by atoms with Crippen molar-refractivity contribution in [2.24, 2.45) is 7.05 Å². The minimum atomic E-state index is -0.404. The molecule has 2 rings (SSSR count). The molecule has 1 aromatic heterocycles. The van der Waals surface area contributed by atoms with Gasteiger partial charge in [-0.3, -0.25) is 9.48 Å². The summed E-state index contributed by atoms with van der Waals surface area (Å²) in [5.41, 5.74) is 0.691. The van der Waals surface area contributed by atoms with Gasteiger partial charge >= 0.3 is 0 Å². The minimum Gasteiger partial charge on any atom is -0.366 e. The fourth-order valence-electron chi connectivity index (χ4n) is 1.44. The summed E-state index contributed by atoms with van der Waals surface area (Å²) < 4.78 is 6.95. The molecule has 2 N–H and O–H groups in total. The van der Waals surface area contributed by atoms with Gasteiger partial charge in [-0.25, -0.2) is 0 Å². The highest BCUT2D eigenvalue weighted by atomic mass is 35.5. The number of amides is 1. The molecular weight excluding hydrogens is 232 g/mol. The summed E-state index contributed by atoms with van der Waals surface area (Å²) in [5, 5.41) is 9.81. The maximum atomic E-state index is 11.7. The highest BCUT2D eigenvalue weighted by Gasteiger charge is 2.21. The van der Waals surface area contributed by atoms with Crippen molar-refractivity contribution < 1.29 is 9.53 Å². The summed E-state index contributed by atoms with van der Waals surface area (Å²) in [5.74, 6) is -0.129. The van der Waals surface area contributed by atoms with E-state index in [1.54, 1.807) is 24.1 Å². The molecule has 0 spiro atoms. The van der Waals surface area contributed by atoms with Gasteiger partial charge in [0.1, 0.15) is 6.10 Å². The molecule has 1 aromatic rings. The lowest BCUT2D eigenvalue weighted by Gasteiger charge is -2.22. The largest absolute Gasteiger partial charge is 0.366 e. The van der Waals surface area contributed by atoms with Gasteiger partial charge in [-0.15, -0.1) is 12.4 Å². The Hall–Kier alpha value is -1.11. The molecular formula is C9H15ClN4O2. The molecule has 1 saturated heterocycles. The van der Waals surface area contributed by atoms with Crippen LogP contribution in [0.4, 0.5) is 5.69 Å². The first-order valence-electron chi connectivity index (χ1n) is 4.87. The molecule has 1 fully saturated rings. The Kier molecular flexibility index (Phi) is 4.72. The molecule has 1 aliphatic rings. The van der Waals surface area contributed by atoms with E-state index in [-0.39, 0.29) is 18.3 Å². The monoisotopic (exact) mass is 246 g/mol. The lowest BCUT2D eigenvalue weighted by atomic mass is 10.3. The van der Waals surface area contributed by atoms with E-state index in [0.29, 0.717) is 18.8 Å². The summed E-state index contributed by atoms with van der Waals surface area (Å²) in [6.45, 7) is 1.94. The van der Waals surface area contributed by atoms with Crippen LogP contribution >= 0.6 is 12.4 Å². The van der Waals surface area contributed by atoms with Crippen molar-refractivity contribution in [1.29, 1.82) is 0 Å². The molecule has 1 aliphatic heterocycles. The van der Waals surface area contributed by atoms with Gasteiger partial charge < -0.3 is 15.4 Å². The van der Waals surface area contributed by atoms with E-state index in [4.69, 9.17) is 4.74 Å². The standard InChI is InChI=1S/C9H14N4O2.ClH/c1-13-6-7(4-11-13)12-9(14)8-5-10-2-3-15-8;/h4,6,8,10H,2-3,5H2,1H3,(H,12,14);1H/t8-;/m0./s1. The number of morpholine rings is 1. The van der Waals surface area contributed by atoms with E-state index >= 15 is 0 Å². The van der Waals surface area contributed by atoms with Gasteiger partial charge in [0.05, 0.1) is 18.5 Å². The van der Waals surface area contributed by atoms with Crippen LogP contribution in [-0.4, -0.2) is 41.5 Å². The lowest BCUT2D eigenvalue weighted by Crippen LogP contribution is -2.45. The molecule has 6 nitrogen and oxygen atoms in total. The second-order valence-corrected chi connectivity index (χ2v) is 3.46. The number of carbonyl (C=O) groups excluding carboxylic acids is 1. The highest BCUT2D eigenvalue weighted by Crippen LogP contribution is 2.06. The van der Waals surface area contributed by atoms with Gasteiger partial charge in [0.15, 0.2) is 0 Å². The molecule has 0 aliphatic carbocycles. The maximum absolute atomic E-state index is 11.7. The molecule has 90 valence electrons. The van der Waals surface area contributed by atoms with Crippen LogP contribution in [0.15, 0.2) is 12.4 Å². The summed E-state index contributed by atoms with van der Waals surface area (Å²) in [6.07, 6.45) is 2.95. The first-order valence-corrected chi connectivity index (χ1v) is 4.87. The number of aromatic nitrogens is 2. The van der Waals surface area contributed by atoms with Crippen LogP contribution in [0.1, 0.15) is 0 Å². The number of nitrogens with zero attached hydrogens (tertiary/aromatic N) is 2. The molecule has 0 aromatic carbocycles. The number of anilines is 1. The molecule has 0 unspecified atom stereocenters. The third-order valence-electron chi connectivity index (χ3n) is 2.19. The van der Waals surface area contributed by atoms with Crippen LogP contribution in [0, 0.1) is 0 Å². The molecule has 0 bridgehead atoms. The van der Waals surface area contributed by atoms with Crippen molar-refractivity contribution in [3.8, 4) is 0 Å². The predicted octanol–water partition coefficient (Wildman–Crippen LogP) is -0.231. The number of rotatable bonds is 2. The maximum Gasteiger partial charge on any atom is 0.254 e. The number of aryl methyl sites for hydroxylation is 1. The molecule has 7 heteroatoms. The normalized spacial score (nSPS) is 19.9. The van der Waals surface area contributed by atoms with Crippen LogP contribution in [0.3, 0.4) is 0 Å². The van der Waals surface area contributed by atoms with Gasteiger partial charge in [-0.05, 0) is 0 Å². The van der Waals surface area contributed by atoms with Crippen LogP contribution in [0.2, 0.25) is 0 Å². The van der Waals surface area contributed by atoms with Gasteiger partial charge in [0, 0.05) is 26.3 Å². The third-order valence-corrected chi connectivity index (χ3v) is 2.19. The average molecular weight is 247 g/mol. The number of halogens is 1. The van der Waals surface area contributed by atoms with E-state index in [1.807, 2.05) is 0 Å². The Morgan fingerprint density at radius 1 is 1.75 bits per heavy atom. The SMILES string of the molecule is Cl.Cn1cc(NC(=O)[C@@H]2CNCCO2)cn1. The average Bonchev–Trinajstić information content (AvgIpc) is 2.65.